The number of aromatic nitrogens is 3. The van der Waals surface area contributed by atoms with Gasteiger partial charge in [-0.3, -0.25) is 0 Å². The van der Waals surface area contributed by atoms with Crippen LogP contribution in [0.25, 0.3) is 11.0 Å². The summed E-state index contributed by atoms with van der Waals surface area (Å²) in [6.45, 7) is 2.88. The molecule has 118 valence electrons. The zero-order valence-corrected chi connectivity index (χ0v) is 13.0. The molecule has 0 atom stereocenters. The van der Waals surface area contributed by atoms with E-state index in [4.69, 9.17) is 9.47 Å². The lowest BCUT2D eigenvalue weighted by Gasteiger charge is -2.09. The summed E-state index contributed by atoms with van der Waals surface area (Å²) in [5.74, 6) is 0.297. The lowest BCUT2D eigenvalue weighted by Crippen LogP contribution is -2.06. The van der Waals surface area contributed by atoms with Gasteiger partial charge in [0, 0.05) is 12.1 Å². The van der Waals surface area contributed by atoms with Gasteiger partial charge in [-0.15, -0.1) is 5.10 Å². The lowest BCUT2D eigenvalue weighted by atomic mass is 10.2. The van der Waals surface area contributed by atoms with Crippen LogP contribution in [0.2, 0.25) is 0 Å². The third-order valence-electron chi connectivity index (χ3n) is 3.60. The third-order valence-corrected chi connectivity index (χ3v) is 3.60. The second kappa shape index (κ2) is 6.48. The fraction of sp³-hybridized carbons (Fsp3) is 0.235. The first kappa shape index (κ1) is 15.0. The largest absolute Gasteiger partial charge is 0.496 e. The Morgan fingerprint density at radius 1 is 1.22 bits per heavy atom. The van der Waals surface area contributed by atoms with Crippen molar-refractivity contribution in [1.29, 1.82) is 0 Å². The van der Waals surface area contributed by atoms with Gasteiger partial charge >= 0.3 is 5.97 Å². The minimum Gasteiger partial charge on any atom is -0.496 e. The fourth-order valence-corrected chi connectivity index (χ4v) is 2.38. The Labute approximate surface area is 133 Å². The Morgan fingerprint density at radius 2 is 2.04 bits per heavy atom. The topological polar surface area (TPSA) is 66.2 Å². The molecule has 0 aliphatic heterocycles. The summed E-state index contributed by atoms with van der Waals surface area (Å²) in [5.41, 5.74) is 2.85. The highest BCUT2D eigenvalue weighted by Gasteiger charge is 2.12. The smallest absolute Gasteiger partial charge is 0.338 e. The summed E-state index contributed by atoms with van der Waals surface area (Å²) < 4.78 is 12.4. The van der Waals surface area contributed by atoms with Crippen LogP contribution in [-0.2, 0) is 17.9 Å². The van der Waals surface area contributed by atoms with Crippen LogP contribution >= 0.6 is 0 Å². The van der Waals surface area contributed by atoms with E-state index in [0.717, 1.165) is 17.6 Å². The van der Waals surface area contributed by atoms with Gasteiger partial charge in [0.05, 0.1) is 18.2 Å². The zero-order valence-electron chi connectivity index (χ0n) is 13.0. The Hall–Kier alpha value is -2.89. The maximum absolute atomic E-state index is 12.2. The van der Waals surface area contributed by atoms with E-state index in [1.165, 1.54) is 0 Å². The average Bonchev–Trinajstić information content (AvgIpc) is 3.02. The van der Waals surface area contributed by atoms with Gasteiger partial charge in [0.15, 0.2) is 0 Å². The van der Waals surface area contributed by atoms with E-state index >= 15 is 0 Å². The number of para-hydroxylation sites is 1. The predicted octanol–water partition coefficient (Wildman–Crippen LogP) is 2.82. The van der Waals surface area contributed by atoms with Crippen molar-refractivity contribution in [3.05, 3.63) is 53.6 Å². The Morgan fingerprint density at radius 3 is 2.83 bits per heavy atom. The highest BCUT2D eigenvalue weighted by atomic mass is 16.5. The number of methoxy groups -OCH3 is 1. The molecule has 0 amide bonds. The van der Waals surface area contributed by atoms with Crippen molar-refractivity contribution in [2.45, 2.75) is 20.1 Å². The molecule has 0 spiro atoms. The normalized spacial score (nSPS) is 10.7. The molecule has 6 heteroatoms. The molecule has 0 radical (unpaired) electrons. The number of nitrogens with zero attached hydrogens (tertiary/aromatic N) is 3. The van der Waals surface area contributed by atoms with Crippen molar-refractivity contribution >= 4 is 17.0 Å². The van der Waals surface area contributed by atoms with Crippen LogP contribution in [0.15, 0.2) is 42.5 Å². The van der Waals surface area contributed by atoms with Crippen LogP contribution in [0, 0.1) is 0 Å². The van der Waals surface area contributed by atoms with Crippen molar-refractivity contribution in [3.8, 4) is 5.75 Å². The second-order valence-electron chi connectivity index (χ2n) is 5.00. The number of carbonyl (C=O) groups is 1. The van der Waals surface area contributed by atoms with Crippen molar-refractivity contribution in [2.24, 2.45) is 0 Å². The molecule has 6 nitrogen and oxygen atoms in total. The summed E-state index contributed by atoms with van der Waals surface area (Å²) in [7, 11) is 1.59. The number of carbonyl (C=O) groups excluding carboxylic acids is 1. The van der Waals surface area contributed by atoms with E-state index in [1.54, 1.807) is 23.9 Å². The van der Waals surface area contributed by atoms with Gasteiger partial charge < -0.3 is 9.47 Å². The molecule has 23 heavy (non-hydrogen) atoms. The number of aryl methyl sites for hydroxylation is 1. The molecule has 0 aliphatic rings. The van der Waals surface area contributed by atoms with Gasteiger partial charge in [0.1, 0.15) is 17.9 Å². The number of benzene rings is 2. The Kier molecular flexibility index (Phi) is 4.23. The molecule has 1 heterocycles. The van der Waals surface area contributed by atoms with Crippen molar-refractivity contribution in [2.75, 3.05) is 7.11 Å². The molecular formula is C17H17N3O3. The molecule has 3 rings (SSSR count). The van der Waals surface area contributed by atoms with Crippen LogP contribution in [0.1, 0.15) is 22.8 Å². The van der Waals surface area contributed by atoms with E-state index in [2.05, 4.69) is 10.3 Å². The monoisotopic (exact) mass is 311 g/mol. The zero-order chi connectivity index (χ0) is 16.2. The van der Waals surface area contributed by atoms with Gasteiger partial charge in [0.25, 0.3) is 0 Å². The number of rotatable bonds is 5. The molecule has 2 aromatic carbocycles. The van der Waals surface area contributed by atoms with Crippen molar-refractivity contribution in [3.63, 3.8) is 0 Å². The summed E-state index contributed by atoms with van der Waals surface area (Å²) in [5, 5.41) is 8.09. The molecule has 0 saturated carbocycles. The summed E-state index contributed by atoms with van der Waals surface area (Å²) in [6.07, 6.45) is 0. The molecule has 0 bridgehead atoms. The van der Waals surface area contributed by atoms with Crippen molar-refractivity contribution in [1.82, 2.24) is 15.0 Å². The second-order valence-corrected chi connectivity index (χ2v) is 5.00. The molecule has 0 aliphatic carbocycles. The quantitative estimate of drug-likeness (QED) is 0.678. The number of fused-ring (bicyclic) bond motifs is 1. The minimum absolute atomic E-state index is 0.155. The van der Waals surface area contributed by atoms with Crippen LogP contribution in [0.5, 0.6) is 5.75 Å². The van der Waals surface area contributed by atoms with Crippen LogP contribution < -0.4 is 4.74 Å². The minimum atomic E-state index is -0.399. The Balaban J connectivity index is 1.75. The molecular weight excluding hydrogens is 294 g/mol. The first-order chi connectivity index (χ1) is 11.2. The van der Waals surface area contributed by atoms with Gasteiger partial charge in [-0.2, -0.15) is 0 Å². The molecule has 1 aromatic heterocycles. The molecule has 0 fully saturated rings. The van der Waals surface area contributed by atoms with Gasteiger partial charge in [-0.1, -0.05) is 23.4 Å². The number of hydrogen-bond donors (Lipinski definition) is 0. The van der Waals surface area contributed by atoms with Gasteiger partial charge in [-0.05, 0) is 31.2 Å². The third kappa shape index (κ3) is 3.01. The van der Waals surface area contributed by atoms with Crippen LogP contribution in [0.3, 0.4) is 0 Å². The highest BCUT2D eigenvalue weighted by Crippen LogP contribution is 2.19. The maximum Gasteiger partial charge on any atom is 0.338 e. The lowest BCUT2D eigenvalue weighted by molar-refractivity contribution is 0.0470. The predicted molar refractivity (Wildman–Crippen MR) is 85.3 cm³/mol. The van der Waals surface area contributed by atoms with E-state index in [-0.39, 0.29) is 6.61 Å². The Bertz CT molecular complexity index is 842. The van der Waals surface area contributed by atoms with Crippen LogP contribution in [-0.4, -0.2) is 28.1 Å². The fourth-order valence-electron chi connectivity index (χ4n) is 2.38. The number of hydrogen-bond acceptors (Lipinski definition) is 5. The summed E-state index contributed by atoms with van der Waals surface area (Å²) in [6, 6.07) is 12.7. The van der Waals surface area contributed by atoms with E-state index in [9.17, 15) is 4.79 Å². The molecule has 0 saturated heterocycles. The number of esters is 1. The van der Waals surface area contributed by atoms with Gasteiger partial charge in [-0.25, -0.2) is 9.48 Å². The summed E-state index contributed by atoms with van der Waals surface area (Å²) >= 11 is 0. The van der Waals surface area contributed by atoms with Gasteiger partial charge in [0.2, 0.25) is 0 Å². The van der Waals surface area contributed by atoms with Crippen LogP contribution in [0.4, 0.5) is 0 Å². The SMILES string of the molecule is CCn1nnc2cc(C(=O)OCc3ccccc3OC)ccc21. The molecule has 0 unspecified atom stereocenters. The molecule has 0 N–H and O–H groups in total. The first-order valence-corrected chi connectivity index (χ1v) is 7.35. The van der Waals surface area contributed by atoms with Crippen molar-refractivity contribution < 1.29 is 14.3 Å². The maximum atomic E-state index is 12.2. The molecule has 3 aromatic rings. The van der Waals surface area contributed by atoms with E-state index in [1.807, 2.05) is 37.3 Å². The standard InChI is InChI=1S/C17H17N3O3/c1-3-20-15-9-8-12(10-14(15)18-19-20)17(21)23-11-13-6-4-5-7-16(13)22-2/h4-10H,3,11H2,1-2H3. The first-order valence-electron chi connectivity index (χ1n) is 7.35. The van der Waals surface area contributed by atoms with E-state index in [0.29, 0.717) is 16.8 Å². The van der Waals surface area contributed by atoms with E-state index < -0.39 is 5.97 Å². The summed E-state index contributed by atoms with van der Waals surface area (Å²) in [4.78, 5) is 12.2. The number of ether oxygens (including phenoxy) is 2. The highest BCUT2D eigenvalue weighted by molar-refractivity contribution is 5.93. The average molecular weight is 311 g/mol.